The number of fused-ring (bicyclic) bond motifs is 1. The number of nitrogens with one attached hydrogen (secondary N) is 1. The van der Waals surface area contributed by atoms with Crippen molar-refractivity contribution in [3.8, 4) is 0 Å². The summed E-state index contributed by atoms with van der Waals surface area (Å²) in [7, 11) is 0. The van der Waals surface area contributed by atoms with Crippen molar-refractivity contribution in [1.82, 2.24) is 10.2 Å². The molecule has 2 aromatic rings. The van der Waals surface area contributed by atoms with Gasteiger partial charge in [0.1, 0.15) is 6.04 Å². The zero-order valence-corrected chi connectivity index (χ0v) is 14.1. The summed E-state index contributed by atoms with van der Waals surface area (Å²) in [5, 5.41) is 4.96. The lowest BCUT2D eigenvalue weighted by Gasteiger charge is -2.29. The molecule has 0 spiro atoms. The monoisotopic (exact) mass is 328 g/mol. The molecule has 1 atom stereocenters. The van der Waals surface area contributed by atoms with E-state index in [1.807, 2.05) is 55.6 Å². The lowest BCUT2D eigenvalue weighted by Crippen LogP contribution is -2.49. The molecule has 1 aromatic carbocycles. The van der Waals surface area contributed by atoms with Crippen molar-refractivity contribution in [2.75, 3.05) is 0 Å². The molecular weight excluding hydrogens is 308 g/mol. The summed E-state index contributed by atoms with van der Waals surface area (Å²) in [6, 6.07) is 11.1. The van der Waals surface area contributed by atoms with E-state index >= 15 is 0 Å². The van der Waals surface area contributed by atoms with Gasteiger partial charge in [-0.2, -0.15) is 0 Å². The van der Waals surface area contributed by atoms with E-state index in [2.05, 4.69) is 5.32 Å². The molecule has 1 unspecified atom stereocenters. The van der Waals surface area contributed by atoms with E-state index in [1.54, 1.807) is 16.2 Å². The van der Waals surface area contributed by atoms with Gasteiger partial charge in [-0.05, 0) is 29.0 Å². The highest BCUT2D eigenvalue weighted by molar-refractivity contribution is 7.09. The first-order valence-corrected chi connectivity index (χ1v) is 8.65. The molecule has 0 aliphatic carbocycles. The molecule has 120 valence electrons. The second-order valence-corrected chi connectivity index (χ2v) is 7.11. The zero-order valence-electron chi connectivity index (χ0n) is 13.3. The first-order valence-electron chi connectivity index (χ1n) is 7.77. The van der Waals surface area contributed by atoms with Crippen LogP contribution in [0.15, 0.2) is 41.8 Å². The highest BCUT2D eigenvalue weighted by Crippen LogP contribution is 2.27. The van der Waals surface area contributed by atoms with Gasteiger partial charge in [0.25, 0.3) is 5.91 Å². The first kappa shape index (κ1) is 15.7. The van der Waals surface area contributed by atoms with Gasteiger partial charge >= 0.3 is 0 Å². The molecule has 0 saturated carbocycles. The quantitative estimate of drug-likeness (QED) is 0.917. The molecule has 5 heteroatoms. The van der Waals surface area contributed by atoms with Crippen LogP contribution < -0.4 is 5.32 Å². The number of carbonyl (C=O) groups excluding carboxylic acids is 2. The van der Waals surface area contributed by atoms with Gasteiger partial charge in [-0.15, -0.1) is 11.3 Å². The summed E-state index contributed by atoms with van der Waals surface area (Å²) in [4.78, 5) is 28.1. The molecule has 1 aromatic heterocycles. The summed E-state index contributed by atoms with van der Waals surface area (Å²) < 4.78 is 0. The van der Waals surface area contributed by atoms with Gasteiger partial charge < -0.3 is 10.2 Å². The molecular formula is C18H20N2O2S. The predicted molar refractivity (Wildman–Crippen MR) is 91.1 cm³/mol. The third-order valence-corrected chi connectivity index (χ3v) is 4.98. The average molecular weight is 328 g/mol. The maximum Gasteiger partial charge on any atom is 0.255 e. The van der Waals surface area contributed by atoms with Crippen LogP contribution in [0.25, 0.3) is 0 Å². The minimum absolute atomic E-state index is 0.0504. The SMILES string of the molecule is CC(C)C(C(=O)NCc1cccs1)N1Cc2ccccc2C1=O. The fraction of sp³-hybridized carbons (Fsp3) is 0.333. The van der Waals surface area contributed by atoms with Crippen LogP contribution in [0.1, 0.15) is 34.6 Å². The molecule has 3 rings (SSSR count). The van der Waals surface area contributed by atoms with Crippen LogP contribution >= 0.6 is 11.3 Å². The molecule has 1 N–H and O–H groups in total. The number of benzene rings is 1. The molecule has 0 saturated heterocycles. The Bertz CT molecular complexity index is 710. The maximum absolute atomic E-state index is 12.7. The summed E-state index contributed by atoms with van der Waals surface area (Å²) in [6.45, 7) is 4.97. The van der Waals surface area contributed by atoms with E-state index in [9.17, 15) is 9.59 Å². The molecule has 0 radical (unpaired) electrons. The molecule has 0 fully saturated rings. The van der Waals surface area contributed by atoms with Gasteiger partial charge in [0.2, 0.25) is 5.91 Å². The van der Waals surface area contributed by atoms with Crippen LogP contribution in [0.4, 0.5) is 0 Å². The smallest absolute Gasteiger partial charge is 0.255 e. The van der Waals surface area contributed by atoms with Crippen molar-refractivity contribution >= 4 is 23.2 Å². The number of thiophene rings is 1. The van der Waals surface area contributed by atoms with Gasteiger partial charge in [0, 0.05) is 17.0 Å². The normalized spacial score (nSPS) is 14.9. The topological polar surface area (TPSA) is 49.4 Å². The van der Waals surface area contributed by atoms with Crippen molar-refractivity contribution in [1.29, 1.82) is 0 Å². The van der Waals surface area contributed by atoms with Crippen LogP contribution in [0.3, 0.4) is 0 Å². The highest BCUT2D eigenvalue weighted by atomic mass is 32.1. The second-order valence-electron chi connectivity index (χ2n) is 6.08. The second kappa shape index (κ2) is 6.54. The van der Waals surface area contributed by atoms with E-state index in [0.717, 1.165) is 10.4 Å². The van der Waals surface area contributed by atoms with Gasteiger partial charge in [-0.25, -0.2) is 0 Å². The van der Waals surface area contributed by atoms with E-state index in [0.29, 0.717) is 18.7 Å². The summed E-state index contributed by atoms with van der Waals surface area (Å²) >= 11 is 1.61. The van der Waals surface area contributed by atoms with Gasteiger partial charge in [0.15, 0.2) is 0 Å². The highest BCUT2D eigenvalue weighted by Gasteiger charge is 2.37. The molecule has 2 heterocycles. The van der Waals surface area contributed by atoms with E-state index in [4.69, 9.17) is 0 Å². The van der Waals surface area contributed by atoms with Gasteiger partial charge in [-0.1, -0.05) is 38.1 Å². The third kappa shape index (κ3) is 3.15. The molecule has 0 bridgehead atoms. The lowest BCUT2D eigenvalue weighted by atomic mass is 10.0. The molecule has 23 heavy (non-hydrogen) atoms. The van der Waals surface area contributed by atoms with Crippen LogP contribution in [0.2, 0.25) is 0 Å². The Morgan fingerprint density at radius 1 is 1.26 bits per heavy atom. The zero-order chi connectivity index (χ0) is 16.4. The van der Waals surface area contributed by atoms with E-state index in [1.165, 1.54) is 0 Å². The van der Waals surface area contributed by atoms with Gasteiger partial charge in [0.05, 0.1) is 6.54 Å². The van der Waals surface area contributed by atoms with Crippen LogP contribution in [0.5, 0.6) is 0 Å². The largest absolute Gasteiger partial charge is 0.349 e. The third-order valence-electron chi connectivity index (χ3n) is 4.10. The van der Waals surface area contributed by atoms with Crippen LogP contribution in [0, 0.1) is 5.92 Å². The maximum atomic E-state index is 12.7. The Hall–Kier alpha value is -2.14. The Morgan fingerprint density at radius 2 is 2.04 bits per heavy atom. The van der Waals surface area contributed by atoms with Crippen LogP contribution in [-0.4, -0.2) is 22.8 Å². The van der Waals surface area contributed by atoms with E-state index < -0.39 is 6.04 Å². The molecule has 4 nitrogen and oxygen atoms in total. The van der Waals surface area contributed by atoms with Crippen molar-refractivity contribution in [3.05, 3.63) is 57.8 Å². The van der Waals surface area contributed by atoms with Crippen molar-refractivity contribution in [2.45, 2.75) is 33.0 Å². The average Bonchev–Trinajstić information content (AvgIpc) is 3.15. The number of hydrogen-bond acceptors (Lipinski definition) is 3. The summed E-state index contributed by atoms with van der Waals surface area (Å²) in [5.41, 5.74) is 1.71. The van der Waals surface area contributed by atoms with Crippen molar-refractivity contribution in [3.63, 3.8) is 0 Å². The minimum atomic E-state index is -0.449. The number of rotatable bonds is 5. The fourth-order valence-corrected chi connectivity index (χ4v) is 3.64. The van der Waals surface area contributed by atoms with E-state index in [-0.39, 0.29) is 17.7 Å². The molecule has 1 aliphatic rings. The Labute approximate surface area is 140 Å². The Morgan fingerprint density at radius 3 is 2.70 bits per heavy atom. The summed E-state index contributed by atoms with van der Waals surface area (Å²) in [6.07, 6.45) is 0. The Balaban J connectivity index is 1.75. The lowest BCUT2D eigenvalue weighted by molar-refractivity contribution is -0.127. The fourth-order valence-electron chi connectivity index (χ4n) is 3.00. The minimum Gasteiger partial charge on any atom is -0.349 e. The van der Waals surface area contributed by atoms with Crippen molar-refractivity contribution in [2.24, 2.45) is 5.92 Å². The number of amides is 2. The first-order chi connectivity index (χ1) is 11.1. The van der Waals surface area contributed by atoms with Crippen LogP contribution in [-0.2, 0) is 17.9 Å². The number of nitrogens with zero attached hydrogens (tertiary/aromatic N) is 1. The standard InChI is InChI=1S/C18H20N2O2S/c1-12(2)16(17(21)19-10-14-7-5-9-23-14)20-11-13-6-3-4-8-15(13)18(20)22/h3-9,12,16H,10-11H2,1-2H3,(H,19,21). The Kier molecular flexibility index (Phi) is 4.48. The molecule has 1 aliphatic heterocycles. The summed E-state index contributed by atoms with van der Waals surface area (Å²) in [5.74, 6) is -0.0864. The number of hydrogen-bond donors (Lipinski definition) is 1. The number of carbonyl (C=O) groups is 2. The van der Waals surface area contributed by atoms with Crippen molar-refractivity contribution < 1.29 is 9.59 Å². The molecule has 2 amide bonds. The predicted octanol–water partition coefficient (Wildman–Crippen LogP) is 3.04. The van der Waals surface area contributed by atoms with Gasteiger partial charge in [-0.3, -0.25) is 9.59 Å².